The lowest BCUT2D eigenvalue weighted by atomic mass is 9.77. The molecule has 0 nitrogen and oxygen atoms in total. The lowest BCUT2D eigenvalue weighted by Crippen LogP contribution is -2.18. The van der Waals surface area contributed by atoms with Gasteiger partial charge >= 0.3 is 0 Å². The van der Waals surface area contributed by atoms with Crippen molar-refractivity contribution in [2.75, 3.05) is 0 Å². The van der Waals surface area contributed by atoms with Crippen LogP contribution in [0.25, 0.3) is 0 Å². The summed E-state index contributed by atoms with van der Waals surface area (Å²) >= 11 is 0. The third-order valence-corrected chi connectivity index (χ3v) is 3.94. The van der Waals surface area contributed by atoms with E-state index in [0.717, 1.165) is 17.3 Å². The Morgan fingerprint density at radius 2 is 1.70 bits per heavy atom. The molecule has 0 spiro atoms. The van der Waals surface area contributed by atoms with E-state index in [-0.39, 0.29) is 0 Å². The summed E-state index contributed by atoms with van der Waals surface area (Å²) in [5.41, 5.74) is 0.742. The van der Waals surface area contributed by atoms with Gasteiger partial charge in [-0.1, -0.05) is 20.3 Å². The Morgan fingerprint density at radius 3 is 2.00 bits per heavy atom. The van der Waals surface area contributed by atoms with Gasteiger partial charge in [0.2, 0.25) is 0 Å². The second kappa shape index (κ2) is 1.99. The first-order valence-electron chi connectivity index (χ1n) is 4.73. The summed E-state index contributed by atoms with van der Waals surface area (Å²) < 4.78 is 0. The van der Waals surface area contributed by atoms with Crippen molar-refractivity contribution in [2.24, 2.45) is 17.3 Å². The molecule has 58 valence electrons. The van der Waals surface area contributed by atoms with E-state index in [1.807, 2.05) is 0 Å². The highest BCUT2D eigenvalue weighted by atomic mass is 14.5. The highest BCUT2D eigenvalue weighted by Crippen LogP contribution is 2.56. The van der Waals surface area contributed by atoms with Crippen molar-refractivity contribution in [2.45, 2.75) is 46.0 Å². The second-order valence-electron chi connectivity index (χ2n) is 4.67. The molecule has 2 fully saturated rings. The van der Waals surface area contributed by atoms with E-state index in [4.69, 9.17) is 0 Å². The number of hydrogen-bond acceptors (Lipinski definition) is 0. The molecule has 0 heteroatoms. The molecule has 2 aliphatic rings. The molecular weight excluding hydrogens is 120 g/mol. The molecule has 3 atom stereocenters. The number of rotatable bonds is 1. The average molecular weight is 138 g/mol. The minimum absolute atomic E-state index is 0.742. The molecule has 2 rings (SSSR count). The number of hydrogen-bond donors (Lipinski definition) is 0. The molecule has 1 unspecified atom stereocenters. The van der Waals surface area contributed by atoms with Crippen LogP contribution >= 0.6 is 0 Å². The van der Waals surface area contributed by atoms with E-state index < -0.39 is 0 Å². The SMILES string of the molecule is CCC1(C)C[C@H]2CC[C@H]2C1. The quantitative estimate of drug-likeness (QED) is 0.522. The molecule has 10 heavy (non-hydrogen) atoms. The van der Waals surface area contributed by atoms with Gasteiger partial charge in [0.15, 0.2) is 0 Å². The standard InChI is InChI=1S/C10H18/c1-3-10(2)6-8-4-5-9(8)7-10/h8-9H,3-7H2,1-2H3/t8-,9+,10?. The molecule has 0 aliphatic heterocycles. The predicted octanol–water partition coefficient (Wildman–Crippen LogP) is 3.22. The zero-order valence-corrected chi connectivity index (χ0v) is 7.19. The lowest BCUT2D eigenvalue weighted by Gasteiger charge is -2.29. The summed E-state index contributed by atoms with van der Waals surface area (Å²) in [6, 6.07) is 0. The van der Waals surface area contributed by atoms with E-state index in [1.165, 1.54) is 19.3 Å². The summed E-state index contributed by atoms with van der Waals surface area (Å²) in [7, 11) is 0. The van der Waals surface area contributed by atoms with Crippen molar-refractivity contribution >= 4 is 0 Å². The smallest absolute Gasteiger partial charge is 0.0323 e. The molecule has 0 N–H and O–H groups in total. The predicted molar refractivity (Wildman–Crippen MR) is 43.8 cm³/mol. The van der Waals surface area contributed by atoms with Crippen molar-refractivity contribution in [3.63, 3.8) is 0 Å². The normalized spacial score (nSPS) is 52.2. The Bertz CT molecular complexity index is 125. The fraction of sp³-hybridized carbons (Fsp3) is 1.00. The maximum absolute atomic E-state index is 2.48. The fourth-order valence-corrected chi connectivity index (χ4v) is 2.81. The van der Waals surface area contributed by atoms with E-state index in [1.54, 1.807) is 12.8 Å². The zero-order chi connectivity index (χ0) is 7.19. The van der Waals surface area contributed by atoms with E-state index >= 15 is 0 Å². The van der Waals surface area contributed by atoms with Crippen molar-refractivity contribution in [1.82, 2.24) is 0 Å². The van der Waals surface area contributed by atoms with Crippen LogP contribution in [-0.4, -0.2) is 0 Å². The summed E-state index contributed by atoms with van der Waals surface area (Å²) in [6.45, 7) is 4.83. The van der Waals surface area contributed by atoms with Gasteiger partial charge in [-0.2, -0.15) is 0 Å². The molecule has 0 amide bonds. The Labute approximate surface area is 64.0 Å². The van der Waals surface area contributed by atoms with Crippen molar-refractivity contribution in [3.8, 4) is 0 Å². The van der Waals surface area contributed by atoms with E-state index in [9.17, 15) is 0 Å². The maximum Gasteiger partial charge on any atom is -0.0323 e. The lowest BCUT2D eigenvalue weighted by molar-refractivity contribution is 0.219. The molecular formula is C10H18. The minimum Gasteiger partial charge on any atom is -0.0649 e. The highest BCUT2D eigenvalue weighted by Gasteiger charge is 2.45. The van der Waals surface area contributed by atoms with Crippen LogP contribution in [0.5, 0.6) is 0 Å². The molecule has 0 heterocycles. The van der Waals surface area contributed by atoms with Gasteiger partial charge in [-0.05, 0) is 42.9 Å². The minimum atomic E-state index is 0.742. The Balaban J connectivity index is 2.03. The second-order valence-corrected chi connectivity index (χ2v) is 4.67. The van der Waals surface area contributed by atoms with Gasteiger partial charge in [0.1, 0.15) is 0 Å². The highest BCUT2D eigenvalue weighted by molar-refractivity contribution is 4.96. The van der Waals surface area contributed by atoms with Crippen LogP contribution in [-0.2, 0) is 0 Å². The topological polar surface area (TPSA) is 0 Å². The van der Waals surface area contributed by atoms with Crippen LogP contribution in [0.3, 0.4) is 0 Å². The third-order valence-electron chi connectivity index (χ3n) is 3.94. The van der Waals surface area contributed by atoms with Gasteiger partial charge in [0, 0.05) is 0 Å². The zero-order valence-electron chi connectivity index (χ0n) is 7.19. The summed E-state index contributed by atoms with van der Waals surface area (Å²) in [5.74, 6) is 2.29. The Morgan fingerprint density at radius 1 is 1.20 bits per heavy atom. The van der Waals surface area contributed by atoms with Crippen LogP contribution in [0.15, 0.2) is 0 Å². The van der Waals surface area contributed by atoms with Gasteiger partial charge in [0.25, 0.3) is 0 Å². The molecule has 0 saturated heterocycles. The molecule has 2 saturated carbocycles. The van der Waals surface area contributed by atoms with Crippen LogP contribution in [0.4, 0.5) is 0 Å². The molecule has 0 bridgehead atoms. The van der Waals surface area contributed by atoms with Crippen LogP contribution in [0.1, 0.15) is 46.0 Å². The summed E-state index contributed by atoms with van der Waals surface area (Å²) in [5, 5.41) is 0. The van der Waals surface area contributed by atoms with Crippen molar-refractivity contribution < 1.29 is 0 Å². The molecule has 0 aromatic carbocycles. The van der Waals surface area contributed by atoms with E-state index in [0.29, 0.717) is 0 Å². The Kier molecular flexibility index (Phi) is 1.33. The summed E-state index contributed by atoms with van der Waals surface area (Å²) in [4.78, 5) is 0. The number of fused-ring (bicyclic) bond motifs is 1. The Hall–Kier alpha value is 0. The van der Waals surface area contributed by atoms with Gasteiger partial charge in [0.05, 0.1) is 0 Å². The maximum atomic E-state index is 2.48. The first-order chi connectivity index (χ1) is 4.73. The molecule has 0 aromatic rings. The summed E-state index contributed by atoms with van der Waals surface area (Å²) in [6.07, 6.45) is 7.56. The van der Waals surface area contributed by atoms with Crippen molar-refractivity contribution in [3.05, 3.63) is 0 Å². The fourth-order valence-electron chi connectivity index (χ4n) is 2.81. The van der Waals surface area contributed by atoms with E-state index in [2.05, 4.69) is 13.8 Å². The molecule has 0 radical (unpaired) electrons. The monoisotopic (exact) mass is 138 g/mol. The average Bonchev–Trinajstić information content (AvgIpc) is 2.13. The van der Waals surface area contributed by atoms with Gasteiger partial charge in [-0.3, -0.25) is 0 Å². The van der Waals surface area contributed by atoms with Crippen LogP contribution < -0.4 is 0 Å². The first kappa shape index (κ1) is 6.69. The van der Waals surface area contributed by atoms with Gasteiger partial charge in [-0.15, -0.1) is 0 Å². The largest absolute Gasteiger partial charge is 0.0649 e. The molecule has 2 aliphatic carbocycles. The third kappa shape index (κ3) is 0.810. The van der Waals surface area contributed by atoms with Crippen LogP contribution in [0.2, 0.25) is 0 Å². The van der Waals surface area contributed by atoms with Gasteiger partial charge < -0.3 is 0 Å². The van der Waals surface area contributed by atoms with Gasteiger partial charge in [-0.25, -0.2) is 0 Å². The molecule has 0 aromatic heterocycles. The first-order valence-corrected chi connectivity index (χ1v) is 4.73. The van der Waals surface area contributed by atoms with Crippen LogP contribution in [0, 0.1) is 17.3 Å². The van der Waals surface area contributed by atoms with Crippen molar-refractivity contribution in [1.29, 1.82) is 0 Å².